The van der Waals surface area contributed by atoms with Gasteiger partial charge in [-0.25, -0.2) is 0 Å². The van der Waals surface area contributed by atoms with Crippen LogP contribution in [-0.2, 0) is 6.61 Å². The van der Waals surface area contributed by atoms with E-state index in [1.165, 1.54) is 0 Å². The first-order valence-electron chi connectivity index (χ1n) is 6.57. The second-order valence-electron chi connectivity index (χ2n) is 4.86. The van der Waals surface area contributed by atoms with Gasteiger partial charge in [-0.3, -0.25) is 0 Å². The third-order valence-electron chi connectivity index (χ3n) is 3.10. The van der Waals surface area contributed by atoms with Gasteiger partial charge in [0.15, 0.2) is 5.84 Å². The van der Waals surface area contributed by atoms with Crippen molar-refractivity contribution in [2.24, 2.45) is 10.9 Å². The fraction of sp³-hybridized carbons (Fsp3) is 0.188. The second kappa shape index (κ2) is 6.65. The standard InChI is InChI=1S/C16H19N3O2/c1-19(2)14-4-3-5-15(10-14)21-11-12-6-8-13(9-7-12)16(17)18-20/h3-10,20H,11H2,1-2H3,(H2,17,18). The molecule has 0 unspecified atom stereocenters. The Hall–Kier alpha value is -2.69. The Morgan fingerprint density at radius 1 is 1.19 bits per heavy atom. The first kappa shape index (κ1) is 14.7. The number of oxime groups is 1. The summed E-state index contributed by atoms with van der Waals surface area (Å²) in [5, 5.41) is 11.6. The lowest BCUT2D eigenvalue weighted by atomic mass is 10.1. The van der Waals surface area contributed by atoms with Crippen molar-refractivity contribution >= 4 is 11.5 Å². The molecule has 0 saturated heterocycles. The fourth-order valence-corrected chi connectivity index (χ4v) is 1.85. The van der Waals surface area contributed by atoms with Crippen LogP contribution in [0.2, 0.25) is 0 Å². The number of nitrogens with zero attached hydrogens (tertiary/aromatic N) is 2. The number of hydrogen-bond acceptors (Lipinski definition) is 4. The van der Waals surface area contributed by atoms with Gasteiger partial charge in [0.1, 0.15) is 12.4 Å². The Kier molecular flexibility index (Phi) is 4.66. The summed E-state index contributed by atoms with van der Waals surface area (Å²) in [6.45, 7) is 0.466. The molecule has 5 nitrogen and oxygen atoms in total. The molecule has 0 bridgehead atoms. The molecule has 0 radical (unpaired) electrons. The Morgan fingerprint density at radius 2 is 1.90 bits per heavy atom. The molecule has 0 saturated carbocycles. The molecule has 3 N–H and O–H groups in total. The Bertz CT molecular complexity index is 622. The van der Waals surface area contributed by atoms with Gasteiger partial charge in [-0.1, -0.05) is 35.5 Å². The zero-order valence-electron chi connectivity index (χ0n) is 12.2. The Balaban J connectivity index is 2.01. The van der Waals surface area contributed by atoms with Gasteiger partial charge in [-0.05, 0) is 17.7 Å². The van der Waals surface area contributed by atoms with Gasteiger partial charge in [0.25, 0.3) is 0 Å². The molecule has 5 heteroatoms. The summed E-state index contributed by atoms with van der Waals surface area (Å²) in [5.74, 6) is 0.919. The van der Waals surface area contributed by atoms with Gasteiger partial charge in [0.05, 0.1) is 0 Å². The molecular formula is C16H19N3O2. The lowest BCUT2D eigenvalue weighted by molar-refractivity contribution is 0.306. The van der Waals surface area contributed by atoms with Crippen molar-refractivity contribution in [3.05, 3.63) is 59.7 Å². The predicted octanol–water partition coefficient (Wildman–Crippen LogP) is 2.43. The fourth-order valence-electron chi connectivity index (χ4n) is 1.85. The maximum atomic E-state index is 8.61. The lowest BCUT2D eigenvalue weighted by Crippen LogP contribution is -2.12. The van der Waals surface area contributed by atoms with Crippen molar-refractivity contribution < 1.29 is 9.94 Å². The molecule has 0 aliphatic carbocycles. The summed E-state index contributed by atoms with van der Waals surface area (Å²) in [5.41, 5.74) is 8.30. The number of rotatable bonds is 5. The second-order valence-corrected chi connectivity index (χ2v) is 4.86. The normalized spacial score (nSPS) is 11.2. The Morgan fingerprint density at radius 3 is 2.52 bits per heavy atom. The van der Waals surface area contributed by atoms with Crippen molar-refractivity contribution in [3.63, 3.8) is 0 Å². The Labute approximate surface area is 124 Å². The van der Waals surface area contributed by atoms with Crippen LogP contribution in [0.15, 0.2) is 53.7 Å². The largest absolute Gasteiger partial charge is 0.489 e. The topological polar surface area (TPSA) is 71.1 Å². The molecule has 0 aromatic heterocycles. The summed E-state index contributed by atoms with van der Waals surface area (Å²) >= 11 is 0. The van der Waals surface area contributed by atoms with Crippen LogP contribution in [0.3, 0.4) is 0 Å². The van der Waals surface area contributed by atoms with E-state index in [-0.39, 0.29) is 5.84 Å². The number of anilines is 1. The van der Waals surface area contributed by atoms with Gasteiger partial charge >= 0.3 is 0 Å². The highest BCUT2D eigenvalue weighted by atomic mass is 16.5. The van der Waals surface area contributed by atoms with E-state index in [2.05, 4.69) is 5.16 Å². The minimum atomic E-state index is 0.0983. The van der Waals surface area contributed by atoms with E-state index < -0.39 is 0 Å². The smallest absolute Gasteiger partial charge is 0.170 e. The van der Waals surface area contributed by atoms with Gasteiger partial charge < -0.3 is 20.6 Å². The first-order chi connectivity index (χ1) is 10.1. The van der Waals surface area contributed by atoms with Gasteiger partial charge in [-0.15, -0.1) is 0 Å². The molecule has 0 spiro atoms. The highest BCUT2D eigenvalue weighted by molar-refractivity contribution is 5.96. The SMILES string of the molecule is CN(C)c1cccc(OCc2ccc(/C(N)=N/O)cc2)c1. The summed E-state index contributed by atoms with van der Waals surface area (Å²) in [6.07, 6.45) is 0. The van der Waals surface area contributed by atoms with Crippen LogP contribution in [0.4, 0.5) is 5.69 Å². The molecule has 2 aromatic rings. The van der Waals surface area contributed by atoms with E-state index >= 15 is 0 Å². The molecule has 0 atom stereocenters. The van der Waals surface area contributed by atoms with Crippen LogP contribution in [0.25, 0.3) is 0 Å². The maximum absolute atomic E-state index is 8.61. The molecule has 0 heterocycles. The van der Waals surface area contributed by atoms with Crippen LogP contribution < -0.4 is 15.4 Å². The van der Waals surface area contributed by atoms with Crippen molar-refractivity contribution in [1.82, 2.24) is 0 Å². The molecule has 2 aromatic carbocycles. The van der Waals surface area contributed by atoms with Gasteiger partial charge in [0, 0.05) is 31.4 Å². The van der Waals surface area contributed by atoms with Crippen molar-refractivity contribution in [2.45, 2.75) is 6.61 Å². The molecule has 0 aliphatic heterocycles. The van der Waals surface area contributed by atoms with Crippen molar-refractivity contribution in [1.29, 1.82) is 0 Å². The van der Waals surface area contributed by atoms with E-state index in [1.807, 2.05) is 55.4 Å². The third-order valence-corrected chi connectivity index (χ3v) is 3.10. The van der Waals surface area contributed by atoms with Crippen LogP contribution in [-0.4, -0.2) is 25.1 Å². The monoisotopic (exact) mass is 285 g/mol. The van der Waals surface area contributed by atoms with E-state index in [9.17, 15) is 0 Å². The van der Waals surface area contributed by atoms with Crippen LogP contribution in [0.5, 0.6) is 5.75 Å². The lowest BCUT2D eigenvalue weighted by Gasteiger charge is -2.14. The van der Waals surface area contributed by atoms with Gasteiger partial charge in [0.2, 0.25) is 0 Å². The molecule has 0 fully saturated rings. The zero-order valence-corrected chi connectivity index (χ0v) is 12.2. The van der Waals surface area contributed by atoms with Crippen LogP contribution in [0, 0.1) is 0 Å². The van der Waals surface area contributed by atoms with E-state index in [0.29, 0.717) is 12.2 Å². The summed E-state index contributed by atoms with van der Waals surface area (Å²) in [7, 11) is 3.98. The molecule has 110 valence electrons. The zero-order chi connectivity index (χ0) is 15.2. The summed E-state index contributed by atoms with van der Waals surface area (Å²) in [6, 6.07) is 15.3. The highest BCUT2D eigenvalue weighted by Gasteiger charge is 2.01. The maximum Gasteiger partial charge on any atom is 0.170 e. The van der Waals surface area contributed by atoms with E-state index in [4.69, 9.17) is 15.7 Å². The first-order valence-corrected chi connectivity index (χ1v) is 6.57. The number of nitrogens with two attached hydrogens (primary N) is 1. The number of amidine groups is 1. The molecule has 2 rings (SSSR count). The number of benzene rings is 2. The van der Waals surface area contributed by atoms with Gasteiger partial charge in [-0.2, -0.15) is 0 Å². The van der Waals surface area contributed by atoms with Crippen LogP contribution >= 0.6 is 0 Å². The molecule has 21 heavy (non-hydrogen) atoms. The molecule has 0 amide bonds. The average Bonchev–Trinajstić information content (AvgIpc) is 2.53. The predicted molar refractivity (Wildman–Crippen MR) is 84.1 cm³/mol. The van der Waals surface area contributed by atoms with E-state index in [0.717, 1.165) is 17.0 Å². The van der Waals surface area contributed by atoms with Crippen LogP contribution in [0.1, 0.15) is 11.1 Å². The van der Waals surface area contributed by atoms with Crippen molar-refractivity contribution in [3.8, 4) is 5.75 Å². The number of hydrogen-bond donors (Lipinski definition) is 2. The minimum Gasteiger partial charge on any atom is -0.489 e. The third kappa shape index (κ3) is 3.89. The molecular weight excluding hydrogens is 266 g/mol. The average molecular weight is 285 g/mol. The van der Waals surface area contributed by atoms with E-state index in [1.54, 1.807) is 12.1 Å². The minimum absolute atomic E-state index is 0.0983. The summed E-state index contributed by atoms with van der Waals surface area (Å²) in [4.78, 5) is 2.03. The summed E-state index contributed by atoms with van der Waals surface area (Å²) < 4.78 is 5.77. The molecule has 0 aliphatic rings. The highest BCUT2D eigenvalue weighted by Crippen LogP contribution is 2.20. The number of ether oxygens (including phenoxy) is 1. The van der Waals surface area contributed by atoms with Crippen molar-refractivity contribution in [2.75, 3.05) is 19.0 Å². The quantitative estimate of drug-likeness (QED) is 0.383.